The summed E-state index contributed by atoms with van der Waals surface area (Å²) in [4.78, 5) is 15.8. The molecule has 5 nitrogen and oxygen atoms in total. The van der Waals surface area contributed by atoms with Crippen molar-refractivity contribution in [2.75, 3.05) is 18.0 Å². The van der Waals surface area contributed by atoms with Gasteiger partial charge in [-0.15, -0.1) is 0 Å². The van der Waals surface area contributed by atoms with Crippen molar-refractivity contribution < 1.29 is 0 Å². The summed E-state index contributed by atoms with van der Waals surface area (Å²) in [5, 5.41) is 3.64. The largest absolute Gasteiger partial charge is 0.352 e. The third kappa shape index (κ3) is 2.02. The molecule has 2 atom stereocenters. The summed E-state index contributed by atoms with van der Waals surface area (Å²) >= 11 is 0. The number of nitrogens with one attached hydrogen (secondary N) is 1. The van der Waals surface area contributed by atoms with Crippen molar-refractivity contribution >= 4 is 17.0 Å². The maximum absolute atomic E-state index is 4.70. The topological polar surface area (TPSA) is 53.9 Å². The van der Waals surface area contributed by atoms with Crippen molar-refractivity contribution in [2.24, 2.45) is 0 Å². The molecule has 0 radical (unpaired) electrons. The van der Waals surface area contributed by atoms with Crippen LogP contribution in [-0.4, -0.2) is 40.1 Å². The summed E-state index contributed by atoms with van der Waals surface area (Å²) in [7, 11) is 0. The van der Waals surface area contributed by atoms with Crippen LogP contribution in [0.25, 0.3) is 11.2 Å². The molecule has 2 unspecified atom stereocenters. The van der Waals surface area contributed by atoms with Crippen LogP contribution in [0.4, 0.5) is 5.82 Å². The molecule has 0 saturated carbocycles. The van der Waals surface area contributed by atoms with Crippen LogP contribution in [-0.2, 0) is 0 Å². The number of fused-ring (bicyclic) bond motifs is 1. The van der Waals surface area contributed by atoms with Crippen LogP contribution in [0.15, 0.2) is 24.5 Å². The molecule has 104 valence electrons. The van der Waals surface area contributed by atoms with Gasteiger partial charge in [0.2, 0.25) is 0 Å². The van der Waals surface area contributed by atoms with E-state index in [9.17, 15) is 0 Å². The number of anilines is 1. The Morgan fingerprint density at radius 2 is 2.05 bits per heavy atom. The third-order valence-corrected chi connectivity index (χ3v) is 4.47. The highest BCUT2D eigenvalue weighted by Gasteiger charge is 2.33. The van der Waals surface area contributed by atoms with Gasteiger partial charge < -0.3 is 10.2 Å². The molecule has 2 aliphatic rings. The number of hydrogen-bond donors (Lipinski definition) is 1. The second-order valence-electron chi connectivity index (χ2n) is 5.67. The van der Waals surface area contributed by atoms with Gasteiger partial charge in [0.25, 0.3) is 0 Å². The fourth-order valence-electron chi connectivity index (χ4n) is 3.54. The van der Waals surface area contributed by atoms with E-state index in [1.165, 1.54) is 25.7 Å². The lowest BCUT2D eigenvalue weighted by Gasteiger charge is -2.30. The standard InChI is InChI=1S/C15H19N5/c1-3-11(16-7-1)13-4-2-10-20(13)14-6-5-12-15(19-14)18-9-8-17-12/h5-6,8-9,11,13,16H,1-4,7,10H2. The van der Waals surface area contributed by atoms with Gasteiger partial charge in [-0.3, -0.25) is 4.98 Å². The highest BCUT2D eigenvalue weighted by Crippen LogP contribution is 2.29. The minimum atomic E-state index is 0.583. The lowest BCUT2D eigenvalue weighted by molar-refractivity contribution is 0.481. The number of aromatic nitrogens is 3. The van der Waals surface area contributed by atoms with E-state index in [-0.39, 0.29) is 0 Å². The van der Waals surface area contributed by atoms with Crippen molar-refractivity contribution in [3.63, 3.8) is 0 Å². The maximum atomic E-state index is 4.70. The molecular formula is C15H19N5. The Morgan fingerprint density at radius 1 is 1.10 bits per heavy atom. The van der Waals surface area contributed by atoms with Crippen LogP contribution in [0, 0.1) is 0 Å². The van der Waals surface area contributed by atoms with Gasteiger partial charge in [0.15, 0.2) is 5.65 Å². The normalized spacial score (nSPS) is 26.5. The first kappa shape index (κ1) is 12.0. The number of nitrogens with zero attached hydrogens (tertiary/aromatic N) is 4. The summed E-state index contributed by atoms with van der Waals surface area (Å²) in [6.07, 6.45) is 8.52. The second-order valence-corrected chi connectivity index (χ2v) is 5.67. The van der Waals surface area contributed by atoms with E-state index in [1.807, 2.05) is 6.07 Å². The van der Waals surface area contributed by atoms with Crippen LogP contribution in [0.5, 0.6) is 0 Å². The van der Waals surface area contributed by atoms with E-state index in [0.29, 0.717) is 12.1 Å². The Kier molecular flexibility index (Phi) is 2.99. The molecular weight excluding hydrogens is 250 g/mol. The average Bonchev–Trinajstić information content (AvgIpc) is 3.17. The van der Waals surface area contributed by atoms with E-state index >= 15 is 0 Å². The highest BCUT2D eigenvalue weighted by molar-refractivity contribution is 5.71. The van der Waals surface area contributed by atoms with E-state index in [4.69, 9.17) is 4.98 Å². The second kappa shape index (κ2) is 4.98. The fourth-order valence-corrected chi connectivity index (χ4v) is 3.54. The maximum Gasteiger partial charge on any atom is 0.180 e. The zero-order chi connectivity index (χ0) is 13.4. The molecule has 2 aromatic heterocycles. The van der Waals surface area contributed by atoms with Crippen LogP contribution in [0.3, 0.4) is 0 Å². The molecule has 0 aromatic carbocycles. The predicted octanol–water partition coefficient (Wildman–Crippen LogP) is 1.75. The van der Waals surface area contributed by atoms with Crippen LogP contribution in [0.2, 0.25) is 0 Å². The number of hydrogen-bond acceptors (Lipinski definition) is 5. The first-order valence-electron chi connectivity index (χ1n) is 7.49. The molecule has 0 aliphatic carbocycles. The van der Waals surface area contributed by atoms with Crippen LogP contribution in [0.1, 0.15) is 25.7 Å². The smallest absolute Gasteiger partial charge is 0.180 e. The fraction of sp³-hybridized carbons (Fsp3) is 0.533. The molecule has 5 heteroatoms. The van der Waals surface area contributed by atoms with Crippen molar-refractivity contribution in [1.82, 2.24) is 20.3 Å². The summed E-state index contributed by atoms with van der Waals surface area (Å²) in [6.45, 7) is 2.26. The van der Waals surface area contributed by atoms with Gasteiger partial charge in [0, 0.05) is 31.0 Å². The van der Waals surface area contributed by atoms with Crippen molar-refractivity contribution in [3.05, 3.63) is 24.5 Å². The van der Waals surface area contributed by atoms with Crippen molar-refractivity contribution in [3.8, 4) is 0 Å². The number of rotatable bonds is 2. The van der Waals surface area contributed by atoms with Crippen molar-refractivity contribution in [1.29, 1.82) is 0 Å². The first-order valence-corrected chi connectivity index (χ1v) is 7.49. The Morgan fingerprint density at radius 3 is 2.95 bits per heavy atom. The summed E-state index contributed by atoms with van der Waals surface area (Å²) in [6, 6.07) is 5.32. The molecule has 4 heterocycles. The molecule has 0 spiro atoms. The molecule has 2 aliphatic heterocycles. The number of pyridine rings is 1. The van der Waals surface area contributed by atoms with Gasteiger partial charge in [-0.1, -0.05) is 0 Å². The average molecular weight is 269 g/mol. The van der Waals surface area contributed by atoms with Crippen LogP contribution >= 0.6 is 0 Å². The molecule has 4 rings (SSSR count). The first-order chi connectivity index (χ1) is 9.92. The van der Waals surface area contributed by atoms with Gasteiger partial charge in [0.05, 0.1) is 0 Å². The highest BCUT2D eigenvalue weighted by atomic mass is 15.3. The summed E-state index contributed by atoms with van der Waals surface area (Å²) in [5.74, 6) is 1.05. The van der Waals surface area contributed by atoms with Gasteiger partial charge >= 0.3 is 0 Å². The van der Waals surface area contributed by atoms with Gasteiger partial charge in [-0.2, -0.15) is 0 Å². The quantitative estimate of drug-likeness (QED) is 0.900. The van der Waals surface area contributed by atoms with E-state index in [0.717, 1.165) is 30.1 Å². The SMILES string of the molecule is c1cnc2nc(N3CCCC3C3CCCN3)ccc2n1. The zero-order valence-corrected chi connectivity index (χ0v) is 11.5. The zero-order valence-electron chi connectivity index (χ0n) is 11.5. The Hall–Kier alpha value is -1.75. The molecule has 0 bridgehead atoms. The van der Waals surface area contributed by atoms with Gasteiger partial charge in [0.1, 0.15) is 11.3 Å². The molecule has 2 fully saturated rings. The third-order valence-electron chi connectivity index (χ3n) is 4.47. The summed E-state index contributed by atoms with van der Waals surface area (Å²) < 4.78 is 0. The predicted molar refractivity (Wildman–Crippen MR) is 78.7 cm³/mol. The molecule has 1 N–H and O–H groups in total. The Labute approximate surface area is 118 Å². The summed E-state index contributed by atoms with van der Waals surface area (Å²) in [5.41, 5.74) is 1.61. The lowest BCUT2D eigenvalue weighted by Crippen LogP contribution is -2.44. The molecule has 0 amide bonds. The van der Waals surface area contributed by atoms with E-state index < -0.39 is 0 Å². The van der Waals surface area contributed by atoms with Gasteiger partial charge in [-0.05, 0) is 44.4 Å². The minimum absolute atomic E-state index is 0.583. The Bertz CT molecular complexity index is 608. The monoisotopic (exact) mass is 269 g/mol. The molecule has 2 aromatic rings. The minimum Gasteiger partial charge on any atom is -0.352 e. The molecule has 2 saturated heterocycles. The molecule has 20 heavy (non-hydrogen) atoms. The van der Waals surface area contributed by atoms with Crippen molar-refractivity contribution in [2.45, 2.75) is 37.8 Å². The van der Waals surface area contributed by atoms with E-state index in [1.54, 1.807) is 12.4 Å². The van der Waals surface area contributed by atoms with Gasteiger partial charge in [-0.25, -0.2) is 9.97 Å². The Balaban J connectivity index is 1.66. The van der Waals surface area contributed by atoms with Crippen LogP contribution < -0.4 is 10.2 Å². The lowest BCUT2D eigenvalue weighted by atomic mass is 10.0. The van der Waals surface area contributed by atoms with E-state index in [2.05, 4.69) is 26.3 Å².